The number of sulfone groups is 1. The fourth-order valence-corrected chi connectivity index (χ4v) is 1.87. The highest BCUT2D eigenvalue weighted by molar-refractivity contribution is 7.90. The molecule has 0 radical (unpaired) electrons. The fraction of sp³-hybridized carbons (Fsp3) is 0.125. The van der Waals surface area contributed by atoms with Gasteiger partial charge in [-0.15, -0.1) is 0 Å². The van der Waals surface area contributed by atoms with Gasteiger partial charge in [-0.3, -0.25) is 0 Å². The maximum Gasteiger partial charge on any atom is 0.337 e. The summed E-state index contributed by atoms with van der Waals surface area (Å²) in [6.07, 6.45) is 0.714. The summed E-state index contributed by atoms with van der Waals surface area (Å²) < 4.78 is 47.5. The third kappa shape index (κ3) is 2.30. The van der Waals surface area contributed by atoms with Gasteiger partial charge in [0, 0.05) is 6.26 Å². The van der Waals surface area contributed by atoms with E-state index in [-0.39, 0.29) is 0 Å². The molecule has 0 aliphatic heterocycles. The third-order valence-electron chi connectivity index (χ3n) is 1.65. The molecular weight excluding hydrogens is 230 g/mol. The fourth-order valence-electron chi connectivity index (χ4n) is 1.00. The minimum Gasteiger partial charge on any atom is -0.478 e. The van der Waals surface area contributed by atoms with Crippen LogP contribution < -0.4 is 0 Å². The Morgan fingerprint density at radius 1 is 1.27 bits per heavy atom. The molecule has 0 spiro atoms. The molecule has 0 saturated carbocycles. The molecule has 0 heterocycles. The lowest BCUT2D eigenvalue weighted by atomic mass is 10.2. The lowest BCUT2D eigenvalue weighted by Crippen LogP contribution is -2.09. The van der Waals surface area contributed by atoms with E-state index in [2.05, 4.69) is 0 Å². The zero-order valence-corrected chi connectivity index (χ0v) is 8.31. The molecule has 0 saturated heterocycles. The van der Waals surface area contributed by atoms with Crippen molar-refractivity contribution in [3.05, 3.63) is 29.3 Å². The van der Waals surface area contributed by atoms with Gasteiger partial charge in [-0.1, -0.05) is 0 Å². The maximum absolute atomic E-state index is 12.7. The number of carboxylic acid groups (broad SMARTS) is 1. The number of carbonyl (C=O) groups is 1. The second-order valence-electron chi connectivity index (χ2n) is 2.84. The second-order valence-corrected chi connectivity index (χ2v) is 4.82. The van der Waals surface area contributed by atoms with Crippen molar-refractivity contribution in [2.24, 2.45) is 0 Å². The minimum absolute atomic E-state index is 0.341. The average Bonchev–Trinajstić information content (AvgIpc) is 2.06. The van der Waals surface area contributed by atoms with Gasteiger partial charge in [-0.25, -0.2) is 22.0 Å². The molecule has 0 atom stereocenters. The van der Waals surface area contributed by atoms with E-state index in [0.29, 0.717) is 18.4 Å². The van der Waals surface area contributed by atoms with Crippen molar-refractivity contribution in [3.8, 4) is 0 Å². The van der Waals surface area contributed by atoms with Crippen molar-refractivity contribution in [3.63, 3.8) is 0 Å². The van der Waals surface area contributed by atoms with E-state index >= 15 is 0 Å². The van der Waals surface area contributed by atoms with Crippen LogP contribution in [0.3, 0.4) is 0 Å². The molecule has 15 heavy (non-hydrogen) atoms. The van der Waals surface area contributed by atoms with Crippen LogP contribution in [0.4, 0.5) is 8.78 Å². The van der Waals surface area contributed by atoms with E-state index in [0.717, 1.165) is 0 Å². The first-order valence-corrected chi connectivity index (χ1v) is 5.55. The van der Waals surface area contributed by atoms with Crippen molar-refractivity contribution < 1.29 is 27.1 Å². The highest BCUT2D eigenvalue weighted by atomic mass is 32.2. The van der Waals surface area contributed by atoms with Crippen LogP contribution in [0.5, 0.6) is 0 Å². The molecule has 0 aromatic heterocycles. The van der Waals surface area contributed by atoms with Gasteiger partial charge in [0.05, 0.1) is 10.5 Å². The quantitative estimate of drug-likeness (QED) is 0.779. The summed E-state index contributed by atoms with van der Waals surface area (Å²) in [5, 5.41) is 8.59. The Morgan fingerprint density at radius 2 is 1.73 bits per heavy atom. The van der Waals surface area contributed by atoms with E-state index in [9.17, 15) is 22.0 Å². The number of benzene rings is 1. The Hall–Kier alpha value is -1.50. The lowest BCUT2D eigenvalue weighted by molar-refractivity contribution is 0.0692. The van der Waals surface area contributed by atoms with E-state index in [1.807, 2.05) is 0 Å². The summed E-state index contributed by atoms with van der Waals surface area (Å²) in [6.45, 7) is 0. The van der Waals surface area contributed by atoms with Gasteiger partial charge >= 0.3 is 5.97 Å². The van der Waals surface area contributed by atoms with Crippen molar-refractivity contribution in [1.29, 1.82) is 0 Å². The topological polar surface area (TPSA) is 71.4 Å². The highest BCUT2D eigenvalue weighted by Gasteiger charge is 2.21. The van der Waals surface area contributed by atoms with Crippen LogP contribution in [0, 0.1) is 11.6 Å². The molecule has 1 N–H and O–H groups in total. The van der Waals surface area contributed by atoms with Crippen LogP contribution in [0.2, 0.25) is 0 Å². The number of halogens is 2. The normalized spacial score (nSPS) is 11.4. The standard InChI is InChI=1S/C8H6F2O4S/c1-15(13,14)7-3-6(10)5(9)2-4(7)8(11)12/h2-3H,1H3,(H,11,12). The van der Waals surface area contributed by atoms with Crippen LogP contribution in [0.1, 0.15) is 10.4 Å². The average molecular weight is 236 g/mol. The monoisotopic (exact) mass is 236 g/mol. The Morgan fingerprint density at radius 3 is 2.13 bits per heavy atom. The van der Waals surface area contributed by atoms with Gasteiger partial charge in [0.2, 0.25) is 0 Å². The molecule has 82 valence electrons. The smallest absolute Gasteiger partial charge is 0.337 e. The molecular formula is C8H6F2O4S. The molecule has 1 aromatic carbocycles. The molecule has 0 fully saturated rings. The molecule has 4 nitrogen and oxygen atoms in total. The number of hydrogen-bond donors (Lipinski definition) is 1. The SMILES string of the molecule is CS(=O)(=O)c1cc(F)c(F)cc1C(=O)O. The second kappa shape index (κ2) is 3.58. The lowest BCUT2D eigenvalue weighted by Gasteiger charge is -2.04. The van der Waals surface area contributed by atoms with E-state index in [1.165, 1.54) is 0 Å². The maximum atomic E-state index is 12.7. The number of aromatic carboxylic acids is 1. The highest BCUT2D eigenvalue weighted by Crippen LogP contribution is 2.19. The van der Waals surface area contributed by atoms with Crippen molar-refractivity contribution in [1.82, 2.24) is 0 Å². The summed E-state index contributed by atoms with van der Waals surface area (Å²) in [5.41, 5.74) is -0.781. The Labute approximate surface area is 84.1 Å². The largest absolute Gasteiger partial charge is 0.478 e. The van der Waals surface area contributed by atoms with Gasteiger partial charge in [-0.05, 0) is 12.1 Å². The van der Waals surface area contributed by atoms with E-state index in [4.69, 9.17) is 5.11 Å². The molecule has 1 rings (SSSR count). The predicted molar refractivity (Wildman–Crippen MR) is 46.4 cm³/mol. The number of rotatable bonds is 2. The summed E-state index contributed by atoms with van der Waals surface area (Å²) >= 11 is 0. The Kier molecular flexibility index (Phi) is 2.76. The molecule has 0 unspecified atom stereocenters. The zero-order valence-electron chi connectivity index (χ0n) is 7.49. The van der Waals surface area contributed by atoms with E-state index in [1.54, 1.807) is 0 Å². The molecule has 0 amide bonds. The number of carboxylic acids is 1. The van der Waals surface area contributed by atoms with Crippen molar-refractivity contribution >= 4 is 15.8 Å². The van der Waals surface area contributed by atoms with Gasteiger partial charge in [0.25, 0.3) is 0 Å². The minimum atomic E-state index is -3.91. The number of hydrogen-bond acceptors (Lipinski definition) is 3. The van der Waals surface area contributed by atoms with Crippen LogP contribution in [0.25, 0.3) is 0 Å². The van der Waals surface area contributed by atoms with Crippen LogP contribution in [-0.4, -0.2) is 25.7 Å². The van der Waals surface area contributed by atoms with Gasteiger partial charge < -0.3 is 5.11 Å². The molecule has 1 aromatic rings. The van der Waals surface area contributed by atoms with Crippen molar-refractivity contribution in [2.45, 2.75) is 4.90 Å². The Bertz CT molecular complexity index is 522. The summed E-state index contributed by atoms with van der Waals surface area (Å²) in [5.74, 6) is -4.44. The van der Waals surface area contributed by atoms with Gasteiger partial charge in [-0.2, -0.15) is 0 Å². The predicted octanol–water partition coefficient (Wildman–Crippen LogP) is 1.07. The first-order valence-electron chi connectivity index (χ1n) is 3.66. The van der Waals surface area contributed by atoms with Crippen molar-refractivity contribution in [2.75, 3.05) is 6.26 Å². The Balaban J connectivity index is 3.64. The van der Waals surface area contributed by atoms with Crippen LogP contribution in [0.15, 0.2) is 17.0 Å². The van der Waals surface area contributed by atoms with E-state index < -0.39 is 37.9 Å². The molecule has 0 aliphatic rings. The third-order valence-corrected chi connectivity index (χ3v) is 2.79. The van der Waals surface area contributed by atoms with Gasteiger partial charge in [0.15, 0.2) is 21.5 Å². The van der Waals surface area contributed by atoms with Crippen LogP contribution in [-0.2, 0) is 9.84 Å². The molecule has 7 heteroatoms. The summed E-state index contributed by atoms with van der Waals surface area (Å²) in [6, 6.07) is 0.697. The molecule has 0 aliphatic carbocycles. The first kappa shape index (κ1) is 11.6. The first-order chi connectivity index (χ1) is 6.73. The zero-order chi connectivity index (χ0) is 11.8. The van der Waals surface area contributed by atoms with Gasteiger partial charge in [0.1, 0.15) is 0 Å². The summed E-state index contributed by atoms with van der Waals surface area (Å²) in [7, 11) is -3.91. The summed E-state index contributed by atoms with van der Waals surface area (Å²) in [4.78, 5) is 9.84. The van der Waals surface area contributed by atoms with Crippen LogP contribution >= 0.6 is 0 Å². The molecule has 0 bridgehead atoms.